The van der Waals surface area contributed by atoms with Gasteiger partial charge >= 0.3 is 0 Å². The molecule has 3 heteroatoms. The first kappa shape index (κ1) is 11.1. The molecule has 0 fully saturated rings. The molecule has 0 atom stereocenters. The maximum absolute atomic E-state index is 4.18. The third-order valence-electron chi connectivity index (χ3n) is 1.51. The van der Waals surface area contributed by atoms with E-state index in [1.807, 2.05) is 30.5 Å². The van der Waals surface area contributed by atoms with E-state index in [9.17, 15) is 0 Å². The predicted molar refractivity (Wildman–Crippen MR) is 45.4 cm³/mol. The molecule has 0 amide bonds. The van der Waals surface area contributed by atoms with Gasteiger partial charge in [0.15, 0.2) is 0 Å². The van der Waals surface area contributed by atoms with Gasteiger partial charge in [-0.25, -0.2) is 0 Å². The minimum Gasteiger partial charge on any atom is -0.412 e. The van der Waals surface area contributed by atoms with Crippen LogP contribution in [-0.4, -0.2) is 10.5 Å². The zero-order chi connectivity index (χ0) is 6.81. The average Bonchev–Trinajstić information content (AvgIpc) is 2.05. The molecule has 1 heterocycles. The van der Waals surface area contributed by atoms with Crippen molar-refractivity contribution in [2.75, 3.05) is 0 Å². The quantitative estimate of drug-likeness (QED) is 0.642. The second-order valence-corrected chi connectivity index (χ2v) is 2.20. The minimum atomic E-state index is 0. The first-order chi connectivity index (χ1) is 4.97. The van der Waals surface area contributed by atoms with E-state index in [1.54, 1.807) is 0 Å². The summed E-state index contributed by atoms with van der Waals surface area (Å²) in [5.41, 5.74) is 1.06. The molecule has 0 aliphatic carbocycles. The van der Waals surface area contributed by atoms with Crippen molar-refractivity contribution in [3.63, 3.8) is 0 Å². The third-order valence-corrected chi connectivity index (χ3v) is 1.51. The Balaban J connectivity index is 0.000000605. The van der Waals surface area contributed by atoms with Crippen LogP contribution in [0, 0.1) is 0 Å². The number of fused-ring (bicyclic) bond motifs is 1. The number of nitrogens with zero attached hydrogens (tertiary/aromatic N) is 1. The molecule has 0 aliphatic heterocycles. The number of aromatic nitrogens is 1. The Morgan fingerprint density at radius 2 is 1.58 bits per heavy atom. The maximum Gasteiger partial charge on any atom is 0.0701 e. The molecule has 2 N–H and O–H groups in total. The van der Waals surface area contributed by atoms with Gasteiger partial charge in [0, 0.05) is 28.4 Å². The van der Waals surface area contributed by atoms with Crippen molar-refractivity contribution in [3.8, 4) is 0 Å². The molecule has 65 valence electrons. The summed E-state index contributed by atoms with van der Waals surface area (Å²) < 4.78 is 0. The second kappa shape index (κ2) is 4.87. The van der Waals surface area contributed by atoms with E-state index in [0.29, 0.717) is 0 Å². The van der Waals surface area contributed by atoms with Gasteiger partial charge in [0.25, 0.3) is 0 Å². The molecule has 0 saturated heterocycles. The molecule has 0 bridgehead atoms. The molecular weight excluding hydrogens is 197 g/mol. The fourth-order valence-electron chi connectivity index (χ4n) is 1.02. The molecule has 0 saturated carbocycles. The number of pyridine rings is 1. The summed E-state index contributed by atoms with van der Waals surface area (Å²) in [6.45, 7) is 0. The monoisotopic (exact) mass is 206 g/mol. The van der Waals surface area contributed by atoms with Gasteiger partial charge in [-0.1, -0.05) is 24.3 Å². The molecule has 0 unspecified atom stereocenters. The average molecular weight is 206 g/mol. The SMILES string of the molecule is O.[Co].c1ccc2ncccc2c1. The largest absolute Gasteiger partial charge is 0.412 e. The van der Waals surface area contributed by atoms with Gasteiger partial charge in [0.05, 0.1) is 5.52 Å². The molecule has 1 aromatic heterocycles. The topological polar surface area (TPSA) is 44.4 Å². The Bertz CT molecular complexity index is 286. The fraction of sp³-hybridized carbons (Fsp3) is 0. The van der Waals surface area contributed by atoms with E-state index in [1.165, 1.54) is 5.39 Å². The molecule has 2 rings (SSSR count). The summed E-state index contributed by atoms with van der Waals surface area (Å²) in [6.07, 6.45) is 1.81. The van der Waals surface area contributed by atoms with Crippen LogP contribution in [0.4, 0.5) is 0 Å². The Hall–Kier alpha value is -0.904. The summed E-state index contributed by atoms with van der Waals surface area (Å²) in [6, 6.07) is 12.1. The number of hydrogen-bond donors (Lipinski definition) is 0. The van der Waals surface area contributed by atoms with E-state index in [4.69, 9.17) is 0 Å². The summed E-state index contributed by atoms with van der Waals surface area (Å²) in [5.74, 6) is 0. The Morgan fingerprint density at radius 1 is 0.917 bits per heavy atom. The van der Waals surface area contributed by atoms with E-state index < -0.39 is 0 Å². The van der Waals surface area contributed by atoms with Gasteiger partial charge in [-0.05, 0) is 12.1 Å². The van der Waals surface area contributed by atoms with Gasteiger partial charge in [-0.2, -0.15) is 0 Å². The molecule has 2 nitrogen and oxygen atoms in total. The second-order valence-electron chi connectivity index (χ2n) is 2.20. The van der Waals surface area contributed by atoms with Crippen LogP contribution in [0.15, 0.2) is 42.6 Å². The summed E-state index contributed by atoms with van der Waals surface area (Å²) >= 11 is 0. The fourth-order valence-corrected chi connectivity index (χ4v) is 1.02. The van der Waals surface area contributed by atoms with Gasteiger partial charge in [0.2, 0.25) is 0 Å². The minimum absolute atomic E-state index is 0. The molecule has 0 aliphatic rings. The number of hydrogen-bond acceptors (Lipinski definition) is 1. The molecule has 0 spiro atoms. The van der Waals surface area contributed by atoms with Gasteiger partial charge in [-0.3, -0.25) is 4.98 Å². The summed E-state index contributed by atoms with van der Waals surface area (Å²) in [5, 5.41) is 1.20. The van der Waals surface area contributed by atoms with Crippen molar-refractivity contribution in [2.24, 2.45) is 0 Å². The first-order valence-corrected chi connectivity index (χ1v) is 3.26. The molecule has 1 aromatic carbocycles. The van der Waals surface area contributed by atoms with Crippen molar-refractivity contribution < 1.29 is 22.3 Å². The van der Waals surface area contributed by atoms with E-state index >= 15 is 0 Å². The summed E-state index contributed by atoms with van der Waals surface area (Å²) in [7, 11) is 0. The summed E-state index contributed by atoms with van der Waals surface area (Å²) in [4.78, 5) is 4.18. The molecule has 1 radical (unpaired) electrons. The molecular formula is C9H9CoNO. The first-order valence-electron chi connectivity index (χ1n) is 3.26. The van der Waals surface area contributed by atoms with Gasteiger partial charge in [0.1, 0.15) is 0 Å². The normalized spacial score (nSPS) is 8.33. The Morgan fingerprint density at radius 3 is 2.33 bits per heavy atom. The standard InChI is InChI=1S/C9H7N.Co.H2O/c1-2-6-9-8(4-1)5-3-7-10-9;;/h1-7H;;1H2. The van der Waals surface area contributed by atoms with Crippen molar-refractivity contribution in [2.45, 2.75) is 0 Å². The Labute approximate surface area is 81.1 Å². The van der Waals surface area contributed by atoms with Crippen molar-refractivity contribution in [3.05, 3.63) is 42.6 Å². The van der Waals surface area contributed by atoms with Crippen LogP contribution in [0.25, 0.3) is 10.9 Å². The maximum atomic E-state index is 4.18. The van der Waals surface area contributed by atoms with Crippen molar-refractivity contribution in [1.82, 2.24) is 4.98 Å². The van der Waals surface area contributed by atoms with E-state index in [-0.39, 0.29) is 22.3 Å². The van der Waals surface area contributed by atoms with Crippen LogP contribution in [0.2, 0.25) is 0 Å². The zero-order valence-electron chi connectivity index (χ0n) is 6.32. The Kier molecular flexibility index (Phi) is 4.50. The van der Waals surface area contributed by atoms with Crippen LogP contribution in [0.1, 0.15) is 0 Å². The predicted octanol–water partition coefficient (Wildman–Crippen LogP) is 1.41. The van der Waals surface area contributed by atoms with Crippen LogP contribution < -0.4 is 0 Å². The van der Waals surface area contributed by atoms with Crippen LogP contribution in [0.5, 0.6) is 0 Å². The number of benzene rings is 1. The number of rotatable bonds is 0. The van der Waals surface area contributed by atoms with Gasteiger partial charge < -0.3 is 5.48 Å². The van der Waals surface area contributed by atoms with E-state index in [0.717, 1.165) is 5.52 Å². The van der Waals surface area contributed by atoms with Crippen LogP contribution >= 0.6 is 0 Å². The molecule has 12 heavy (non-hydrogen) atoms. The van der Waals surface area contributed by atoms with Crippen LogP contribution in [-0.2, 0) is 16.8 Å². The van der Waals surface area contributed by atoms with Crippen molar-refractivity contribution >= 4 is 10.9 Å². The van der Waals surface area contributed by atoms with Crippen LogP contribution in [0.3, 0.4) is 0 Å². The van der Waals surface area contributed by atoms with Crippen molar-refractivity contribution in [1.29, 1.82) is 0 Å². The third kappa shape index (κ3) is 2.04. The molecule has 2 aromatic rings. The number of para-hydroxylation sites is 1. The smallest absolute Gasteiger partial charge is 0.0701 e. The van der Waals surface area contributed by atoms with Gasteiger partial charge in [-0.15, -0.1) is 0 Å². The van der Waals surface area contributed by atoms with E-state index in [2.05, 4.69) is 17.1 Å². The zero-order valence-corrected chi connectivity index (χ0v) is 7.36.